The Morgan fingerprint density at radius 2 is 2.38 bits per heavy atom. The van der Waals surface area contributed by atoms with Crippen LogP contribution in [0.5, 0.6) is 0 Å². The minimum absolute atomic E-state index is 0.388. The van der Waals surface area contributed by atoms with Gasteiger partial charge in [0.05, 0.1) is 15.2 Å². The highest BCUT2D eigenvalue weighted by molar-refractivity contribution is 9.11. The van der Waals surface area contributed by atoms with Gasteiger partial charge in [-0.3, -0.25) is 5.10 Å². The van der Waals surface area contributed by atoms with Crippen molar-refractivity contribution in [3.05, 3.63) is 21.7 Å². The zero-order chi connectivity index (χ0) is 9.26. The van der Waals surface area contributed by atoms with Crippen LogP contribution >= 0.6 is 27.3 Å². The van der Waals surface area contributed by atoms with E-state index in [-0.39, 0.29) is 0 Å². The van der Waals surface area contributed by atoms with Crippen molar-refractivity contribution in [3.63, 3.8) is 0 Å². The summed E-state index contributed by atoms with van der Waals surface area (Å²) in [4.78, 5) is 5.24. The number of aromatic amines is 1. The zero-order valence-electron chi connectivity index (χ0n) is 6.62. The molecule has 0 aliphatic rings. The second kappa shape index (κ2) is 3.57. The summed E-state index contributed by atoms with van der Waals surface area (Å²) in [5, 5.41) is 6.81. The average Bonchev–Trinajstić information content (AvgIpc) is 2.71. The Bertz CT molecular complexity index is 408. The fraction of sp³-hybridized carbons (Fsp3) is 0.143. The normalized spacial score (nSPS) is 10.6. The third kappa shape index (κ3) is 1.79. The maximum absolute atomic E-state index is 5.41. The molecule has 0 atom stereocenters. The van der Waals surface area contributed by atoms with E-state index >= 15 is 0 Å². The van der Waals surface area contributed by atoms with Crippen molar-refractivity contribution >= 4 is 27.3 Å². The number of nitrogens with two attached hydrogens (primary N) is 1. The van der Waals surface area contributed by atoms with Crippen molar-refractivity contribution < 1.29 is 0 Å². The maximum Gasteiger partial charge on any atom is 0.191 e. The number of halogens is 1. The van der Waals surface area contributed by atoms with Gasteiger partial charge in [0.25, 0.3) is 0 Å². The van der Waals surface area contributed by atoms with E-state index in [1.54, 1.807) is 11.3 Å². The van der Waals surface area contributed by atoms with Crippen molar-refractivity contribution in [2.45, 2.75) is 6.54 Å². The van der Waals surface area contributed by atoms with Crippen molar-refractivity contribution in [1.29, 1.82) is 0 Å². The number of H-pyrrole nitrogens is 1. The Kier molecular flexibility index (Phi) is 2.43. The van der Waals surface area contributed by atoms with Crippen LogP contribution in [0.1, 0.15) is 5.82 Å². The first-order chi connectivity index (χ1) is 6.29. The van der Waals surface area contributed by atoms with Crippen molar-refractivity contribution in [2.75, 3.05) is 0 Å². The lowest BCUT2D eigenvalue weighted by Crippen LogP contribution is -1.97. The van der Waals surface area contributed by atoms with E-state index in [0.717, 1.165) is 8.66 Å². The highest BCUT2D eigenvalue weighted by Crippen LogP contribution is 2.28. The minimum atomic E-state index is 0.388. The van der Waals surface area contributed by atoms with Gasteiger partial charge in [0.15, 0.2) is 5.82 Å². The summed E-state index contributed by atoms with van der Waals surface area (Å²) in [6, 6.07) is 3.94. The largest absolute Gasteiger partial charge is 0.324 e. The SMILES string of the molecule is NCc1nc(-c2ccc(Br)s2)n[nH]1. The lowest BCUT2D eigenvalue weighted by molar-refractivity contribution is 0.917. The Labute approximate surface area is 87.3 Å². The molecule has 0 spiro atoms. The topological polar surface area (TPSA) is 67.6 Å². The monoisotopic (exact) mass is 258 g/mol. The van der Waals surface area contributed by atoms with Crippen LogP contribution in [0.2, 0.25) is 0 Å². The molecule has 13 heavy (non-hydrogen) atoms. The summed E-state index contributed by atoms with van der Waals surface area (Å²) in [5.74, 6) is 1.41. The van der Waals surface area contributed by atoms with Gasteiger partial charge in [-0.2, -0.15) is 5.10 Å². The molecule has 2 heterocycles. The molecule has 0 saturated carbocycles. The third-order valence-corrected chi connectivity index (χ3v) is 3.14. The molecule has 0 saturated heterocycles. The van der Waals surface area contributed by atoms with Crippen molar-refractivity contribution in [1.82, 2.24) is 15.2 Å². The van der Waals surface area contributed by atoms with Gasteiger partial charge in [0.2, 0.25) is 0 Å². The molecule has 2 aromatic heterocycles. The summed E-state index contributed by atoms with van der Waals surface area (Å²) in [6.07, 6.45) is 0. The van der Waals surface area contributed by atoms with Gasteiger partial charge in [-0.15, -0.1) is 11.3 Å². The zero-order valence-corrected chi connectivity index (χ0v) is 9.02. The van der Waals surface area contributed by atoms with Crippen LogP contribution in [-0.4, -0.2) is 15.2 Å². The molecular weight excluding hydrogens is 252 g/mol. The number of nitrogens with one attached hydrogen (secondary N) is 1. The summed E-state index contributed by atoms with van der Waals surface area (Å²) in [7, 11) is 0. The Hall–Kier alpha value is -0.720. The first kappa shape index (κ1) is 8.86. The molecule has 2 rings (SSSR count). The number of aromatic nitrogens is 3. The summed E-state index contributed by atoms with van der Waals surface area (Å²) in [5.41, 5.74) is 5.41. The molecule has 4 nitrogen and oxygen atoms in total. The van der Waals surface area contributed by atoms with Crippen LogP contribution < -0.4 is 5.73 Å². The van der Waals surface area contributed by atoms with Crippen LogP contribution in [0, 0.1) is 0 Å². The molecular formula is C7H7BrN4S. The standard InChI is InChI=1S/C7H7BrN4S/c8-5-2-1-4(13-5)7-10-6(3-9)11-12-7/h1-2H,3,9H2,(H,10,11,12). The maximum atomic E-state index is 5.41. The average molecular weight is 259 g/mol. The number of rotatable bonds is 2. The van der Waals surface area contributed by atoms with Gasteiger partial charge in [-0.25, -0.2) is 4.98 Å². The minimum Gasteiger partial charge on any atom is -0.324 e. The van der Waals surface area contributed by atoms with E-state index in [1.807, 2.05) is 12.1 Å². The molecule has 0 fully saturated rings. The molecule has 0 unspecified atom stereocenters. The fourth-order valence-corrected chi connectivity index (χ4v) is 2.25. The van der Waals surface area contributed by atoms with Crippen LogP contribution in [0.25, 0.3) is 10.7 Å². The van der Waals surface area contributed by atoms with Crippen molar-refractivity contribution in [2.24, 2.45) is 5.73 Å². The molecule has 6 heteroatoms. The van der Waals surface area contributed by atoms with Crippen LogP contribution in [-0.2, 0) is 6.54 Å². The second-order valence-corrected chi connectivity index (χ2v) is 4.88. The number of nitrogens with zero attached hydrogens (tertiary/aromatic N) is 2. The van der Waals surface area contributed by atoms with Crippen molar-refractivity contribution in [3.8, 4) is 10.7 Å². The van der Waals surface area contributed by atoms with Gasteiger partial charge < -0.3 is 5.73 Å². The van der Waals surface area contributed by atoms with Crippen LogP contribution in [0.3, 0.4) is 0 Å². The highest BCUT2D eigenvalue weighted by atomic mass is 79.9. The molecule has 0 aliphatic heterocycles. The lowest BCUT2D eigenvalue weighted by Gasteiger charge is -1.84. The van der Waals surface area contributed by atoms with E-state index in [2.05, 4.69) is 31.1 Å². The van der Waals surface area contributed by atoms with E-state index in [9.17, 15) is 0 Å². The Morgan fingerprint density at radius 3 is 2.92 bits per heavy atom. The van der Waals surface area contributed by atoms with E-state index in [1.165, 1.54) is 0 Å². The van der Waals surface area contributed by atoms with Crippen LogP contribution in [0.15, 0.2) is 15.9 Å². The number of thiophene rings is 1. The van der Waals surface area contributed by atoms with E-state index in [4.69, 9.17) is 5.73 Å². The van der Waals surface area contributed by atoms with Gasteiger partial charge in [-0.1, -0.05) is 0 Å². The number of hydrogen-bond acceptors (Lipinski definition) is 4. The molecule has 3 N–H and O–H groups in total. The third-order valence-electron chi connectivity index (χ3n) is 1.52. The molecule has 0 radical (unpaired) electrons. The van der Waals surface area contributed by atoms with Crippen LogP contribution in [0.4, 0.5) is 0 Å². The Morgan fingerprint density at radius 1 is 1.54 bits per heavy atom. The fourth-order valence-electron chi connectivity index (χ4n) is 0.931. The van der Waals surface area contributed by atoms with Gasteiger partial charge in [0, 0.05) is 0 Å². The summed E-state index contributed by atoms with van der Waals surface area (Å²) in [6.45, 7) is 0.388. The lowest BCUT2D eigenvalue weighted by atomic mass is 10.4. The summed E-state index contributed by atoms with van der Waals surface area (Å²) < 4.78 is 1.07. The highest BCUT2D eigenvalue weighted by Gasteiger charge is 2.06. The van der Waals surface area contributed by atoms with Gasteiger partial charge in [0.1, 0.15) is 5.82 Å². The molecule has 68 valence electrons. The first-order valence-corrected chi connectivity index (χ1v) is 5.27. The summed E-state index contributed by atoms with van der Waals surface area (Å²) >= 11 is 4.98. The number of hydrogen-bond donors (Lipinski definition) is 2. The predicted molar refractivity (Wildman–Crippen MR) is 55.3 cm³/mol. The van der Waals surface area contributed by atoms with Gasteiger partial charge in [-0.05, 0) is 28.1 Å². The molecule has 0 amide bonds. The predicted octanol–water partition coefficient (Wildman–Crippen LogP) is 1.75. The Balaban J connectivity index is 2.35. The van der Waals surface area contributed by atoms with Gasteiger partial charge >= 0.3 is 0 Å². The quantitative estimate of drug-likeness (QED) is 0.863. The van der Waals surface area contributed by atoms with E-state index in [0.29, 0.717) is 18.2 Å². The molecule has 0 bridgehead atoms. The molecule has 0 aromatic carbocycles. The smallest absolute Gasteiger partial charge is 0.191 e. The molecule has 2 aromatic rings. The molecule has 0 aliphatic carbocycles. The van der Waals surface area contributed by atoms with E-state index < -0.39 is 0 Å². The second-order valence-electron chi connectivity index (χ2n) is 2.41. The first-order valence-electron chi connectivity index (χ1n) is 3.66.